The van der Waals surface area contributed by atoms with Crippen LogP contribution in [0.15, 0.2) is 29.2 Å². The lowest BCUT2D eigenvalue weighted by Crippen LogP contribution is -2.15. The summed E-state index contributed by atoms with van der Waals surface area (Å²) < 4.78 is 32.3. The molecule has 1 unspecified atom stereocenters. The Kier molecular flexibility index (Phi) is 5.84. The predicted molar refractivity (Wildman–Crippen MR) is 95.2 cm³/mol. The van der Waals surface area contributed by atoms with Crippen LogP contribution in [0.25, 0.3) is 0 Å². The molecule has 0 spiro atoms. The molecule has 136 valence electrons. The monoisotopic (exact) mass is 365 g/mol. The van der Waals surface area contributed by atoms with E-state index in [1.54, 1.807) is 13.0 Å². The van der Waals surface area contributed by atoms with E-state index in [0.717, 1.165) is 18.5 Å². The van der Waals surface area contributed by atoms with Crippen molar-refractivity contribution in [2.24, 2.45) is 0 Å². The molecule has 0 fully saturated rings. The first-order valence-corrected chi connectivity index (χ1v) is 9.54. The Labute approximate surface area is 147 Å². The number of nitrogens with one attached hydrogen (secondary N) is 2. The summed E-state index contributed by atoms with van der Waals surface area (Å²) in [5, 5.41) is 6.90. The van der Waals surface area contributed by atoms with Crippen LogP contribution in [-0.2, 0) is 14.8 Å². The second kappa shape index (κ2) is 7.69. The second-order valence-corrected chi connectivity index (χ2v) is 7.63. The lowest BCUT2D eigenvalue weighted by molar-refractivity contribution is 0.0600. The van der Waals surface area contributed by atoms with Crippen LogP contribution in [0.1, 0.15) is 54.2 Å². The van der Waals surface area contributed by atoms with E-state index < -0.39 is 16.0 Å². The molecule has 0 saturated carbocycles. The van der Waals surface area contributed by atoms with Gasteiger partial charge in [0, 0.05) is 11.8 Å². The van der Waals surface area contributed by atoms with Gasteiger partial charge < -0.3 is 4.74 Å². The third kappa shape index (κ3) is 4.39. The first-order chi connectivity index (χ1) is 11.8. The molecule has 2 aromatic rings. The van der Waals surface area contributed by atoms with Gasteiger partial charge in [0.15, 0.2) is 5.82 Å². The van der Waals surface area contributed by atoms with Crippen LogP contribution in [-0.4, -0.2) is 31.7 Å². The van der Waals surface area contributed by atoms with Crippen molar-refractivity contribution in [3.05, 3.63) is 41.1 Å². The minimum Gasteiger partial charge on any atom is -0.465 e. The van der Waals surface area contributed by atoms with E-state index in [-0.39, 0.29) is 16.6 Å². The molecule has 8 heteroatoms. The summed E-state index contributed by atoms with van der Waals surface area (Å²) >= 11 is 0. The normalized spacial score (nSPS) is 12.6. The number of aromatic nitrogens is 2. The van der Waals surface area contributed by atoms with Crippen molar-refractivity contribution in [1.29, 1.82) is 0 Å². The molecule has 0 aliphatic heterocycles. The zero-order valence-corrected chi connectivity index (χ0v) is 15.6. The van der Waals surface area contributed by atoms with Crippen LogP contribution in [0.2, 0.25) is 0 Å². The van der Waals surface area contributed by atoms with E-state index in [0.29, 0.717) is 11.1 Å². The van der Waals surface area contributed by atoms with Gasteiger partial charge in [-0.1, -0.05) is 20.3 Å². The zero-order valence-electron chi connectivity index (χ0n) is 14.8. The summed E-state index contributed by atoms with van der Waals surface area (Å²) in [6, 6.07) is 6.00. The van der Waals surface area contributed by atoms with Gasteiger partial charge in [-0.25, -0.2) is 13.2 Å². The maximum atomic E-state index is 12.6. The van der Waals surface area contributed by atoms with Crippen LogP contribution >= 0.6 is 0 Å². The minimum atomic E-state index is -3.80. The number of anilines is 1. The highest BCUT2D eigenvalue weighted by atomic mass is 32.2. The molecule has 0 aliphatic rings. The van der Waals surface area contributed by atoms with Gasteiger partial charge in [-0.15, -0.1) is 0 Å². The van der Waals surface area contributed by atoms with Gasteiger partial charge in [0.1, 0.15) is 0 Å². The van der Waals surface area contributed by atoms with E-state index in [4.69, 9.17) is 0 Å². The van der Waals surface area contributed by atoms with Gasteiger partial charge in [0.25, 0.3) is 10.0 Å². The van der Waals surface area contributed by atoms with Crippen LogP contribution in [0.5, 0.6) is 0 Å². The molecule has 0 amide bonds. The van der Waals surface area contributed by atoms with Crippen molar-refractivity contribution in [1.82, 2.24) is 10.2 Å². The van der Waals surface area contributed by atoms with Gasteiger partial charge in [0.05, 0.1) is 17.6 Å². The molecule has 25 heavy (non-hydrogen) atoms. The highest BCUT2D eigenvalue weighted by Crippen LogP contribution is 2.23. The van der Waals surface area contributed by atoms with E-state index in [1.807, 2.05) is 0 Å². The lowest BCUT2D eigenvalue weighted by atomic mass is 10.0. The number of carbonyl (C=O) groups is 1. The van der Waals surface area contributed by atoms with Crippen LogP contribution in [0.3, 0.4) is 0 Å². The van der Waals surface area contributed by atoms with Gasteiger partial charge in [0.2, 0.25) is 0 Å². The van der Waals surface area contributed by atoms with Crippen molar-refractivity contribution < 1.29 is 17.9 Å². The number of aromatic amines is 1. The van der Waals surface area contributed by atoms with Gasteiger partial charge in [-0.2, -0.15) is 5.10 Å². The SMILES string of the molecule is CCCC(C)c1cc(NS(=O)(=O)c2ccc(C(=O)OC)cc2C)n[nH]1. The van der Waals surface area contributed by atoms with Crippen LogP contribution < -0.4 is 4.72 Å². The third-order valence-corrected chi connectivity index (χ3v) is 5.49. The molecule has 7 nitrogen and oxygen atoms in total. The van der Waals surface area contributed by atoms with Crippen LogP contribution in [0, 0.1) is 6.92 Å². The Morgan fingerprint density at radius 3 is 2.68 bits per heavy atom. The van der Waals surface area contributed by atoms with E-state index in [2.05, 4.69) is 33.5 Å². The summed E-state index contributed by atoms with van der Waals surface area (Å²) in [6.07, 6.45) is 2.02. The van der Waals surface area contributed by atoms with Crippen molar-refractivity contribution in [3.63, 3.8) is 0 Å². The number of aryl methyl sites for hydroxylation is 1. The molecule has 2 rings (SSSR count). The topological polar surface area (TPSA) is 101 Å². The molecule has 0 aliphatic carbocycles. The summed E-state index contributed by atoms with van der Waals surface area (Å²) in [5.41, 5.74) is 1.64. The molecule has 1 atom stereocenters. The molecule has 1 aromatic heterocycles. The number of hydrogen-bond donors (Lipinski definition) is 2. The number of sulfonamides is 1. The first kappa shape index (κ1) is 19.0. The largest absolute Gasteiger partial charge is 0.465 e. The summed E-state index contributed by atoms with van der Waals surface area (Å²) in [7, 11) is -2.53. The van der Waals surface area contributed by atoms with Crippen molar-refractivity contribution in [2.75, 3.05) is 11.8 Å². The molecule has 1 heterocycles. The molecular weight excluding hydrogens is 342 g/mol. The smallest absolute Gasteiger partial charge is 0.337 e. The Hall–Kier alpha value is -2.35. The number of hydrogen-bond acceptors (Lipinski definition) is 5. The van der Waals surface area contributed by atoms with Gasteiger partial charge in [-0.3, -0.25) is 9.82 Å². The average Bonchev–Trinajstić information content (AvgIpc) is 3.01. The Morgan fingerprint density at radius 1 is 1.36 bits per heavy atom. The molecule has 1 aromatic carbocycles. The number of nitrogens with zero attached hydrogens (tertiary/aromatic N) is 1. The molecule has 2 N–H and O–H groups in total. The van der Waals surface area contributed by atoms with Gasteiger partial charge in [-0.05, 0) is 43.0 Å². The number of methoxy groups -OCH3 is 1. The number of carbonyl (C=O) groups excluding carboxylic acids is 1. The lowest BCUT2D eigenvalue weighted by Gasteiger charge is -2.09. The highest BCUT2D eigenvalue weighted by Gasteiger charge is 2.20. The fourth-order valence-electron chi connectivity index (χ4n) is 2.62. The standard InChI is InChI=1S/C17H23N3O4S/c1-5-6-11(2)14-10-16(19-18-14)20-25(22,23)15-8-7-13(9-12(15)3)17(21)24-4/h7-11H,5-6H2,1-4H3,(H2,18,19,20). The van der Waals surface area contributed by atoms with E-state index >= 15 is 0 Å². The summed E-state index contributed by atoms with van der Waals surface area (Å²) in [6.45, 7) is 5.78. The number of benzene rings is 1. The fraction of sp³-hybridized carbons (Fsp3) is 0.412. The fourth-order valence-corrected chi connectivity index (χ4v) is 3.84. The maximum absolute atomic E-state index is 12.6. The minimum absolute atomic E-state index is 0.0892. The molecular formula is C17H23N3O4S. The number of H-pyrrole nitrogens is 1. The van der Waals surface area contributed by atoms with E-state index in [1.165, 1.54) is 25.3 Å². The Bertz CT molecular complexity index is 859. The highest BCUT2D eigenvalue weighted by molar-refractivity contribution is 7.92. The van der Waals surface area contributed by atoms with Crippen molar-refractivity contribution in [3.8, 4) is 0 Å². The summed E-state index contributed by atoms with van der Waals surface area (Å²) in [4.78, 5) is 11.6. The Balaban J connectivity index is 2.23. The number of esters is 1. The Morgan fingerprint density at radius 2 is 2.08 bits per heavy atom. The predicted octanol–water partition coefficient (Wildman–Crippen LogP) is 3.21. The van der Waals surface area contributed by atoms with Crippen molar-refractivity contribution >= 4 is 21.8 Å². The van der Waals surface area contributed by atoms with E-state index in [9.17, 15) is 13.2 Å². The van der Waals surface area contributed by atoms with Gasteiger partial charge >= 0.3 is 5.97 Å². The van der Waals surface area contributed by atoms with Crippen molar-refractivity contribution in [2.45, 2.75) is 44.4 Å². The maximum Gasteiger partial charge on any atom is 0.337 e. The number of rotatable bonds is 7. The average molecular weight is 365 g/mol. The number of ether oxygens (including phenoxy) is 1. The zero-order chi connectivity index (χ0) is 18.6. The molecule has 0 radical (unpaired) electrons. The first-order valence-electron chi connectivity index (χ1n) is 8.05. The summed E-state index contributed by atoms with van der Waals surface area (Å²) in [5.74, 6) is 0.00749. The third-order valence-electron chi connectivity index (χ3n) is 3.97. The molecule has 0 saturated heterocycles. The van der Waals surface area contributed by atoms with Crippen LogP contribution in [0.4, 0.5) is 5.82 Å². The second-order valence-electron chi connectivity index (χ2n) is 5.98. The molecule has 0 bridgehead atoms. The quantitative estimate of drug-likeness (QED) is 0.734.